The van der Waals surface area contributed by atoms with E-state index in [1.807, 2.05) is 24.3 Å². The molecule has 1 aromatic carbocycles. The van der Waals surface area contributed by atoms with Crippen LogP contribution in [0.5, 0.6) is 5.75 Å². The van der Waals surface area contributed by atoms with Crippen LogP contribution in [0, 0.1) is 23.6 Å². The van der Waals surface area contributed by atoms with E-state index in [1.54, 1.807) is 17.2 Å². The molecule has 2 aliphatic carbocycles. The Kier molecular flexibility index (Phi) is 7.10. The number of likely N-dealkylation sites (tertiary alicyclic amines) is 1. The third kappa shape index (κ3) is 4.82. The average Bonchev–Trinajstić information content (AvgIpc) is 3.48. The lowest BCUT2D eigenvalue weighted by atomic mass is 9.70. The van der Waals surface area contributed by atoms with E-state index in [9.17, 15) is 19.1 Å². The van der Waals surface area contributed by atoms with Crippen molar-refractivity contribution in [1.82, 2.24) is 9.88 Å². The molecule has 1 N–H and O–H groups in total. The molecule has 39 heavy (non-hydrogen) atoms. The van der Waals surface area contributed by atoms with Crippen LogP contribution in [0.1, 0.15) is 69.5 Å². The van der Waals surface area contributed by atoms with Gasteiger partial charge < -0.3 is 9.84 Å². The molecule has 2 aromatic rings. The number of rotatable bonds is 6. The molecule has 4 aliphatic rings. The van der Waals surface area contributed by atoms with Gasteiger partial charge in [-0.3, -0.25) is 19.5 Å². The second kappa shape index (κ2) is 10.7. The number of fused-ring (bicyclic) bond motifs is 3. The first-order chi connectivity index (χ1) is 18.9. The van der Waals surface area contributed by atoms with Crippen LogP contribution >= 0.6 is 0 Å². The number of amides is 2. The molecule has 4 atom stereocenters. The summed E-state index contributed by atoms with van der Waals surface area (Å²) in [6, 6.07) is 10.1. The van der Waals surface area contributed by atoms with Crippen molar-refractivity contribution >= 4 is 23.5 Å². The Morgan fingerprint density at radius 3 is 2.69 bits per heavy atom. The van der Waals surface area contributed by atoms with Crippen LogP contribution in [-0.2, 0) is 14.3 Å². The van der Waals surface area contributed by atoms with E-state index in [0.717, 1.165) is 37.0 Å². The van der Waals surface area contributed by atoms with Crippen LogP contribution in [0.2, 0.25) is 0 Å². The minimum atomic E-state index is -0.665. The van der Waals surface area contributed by atoms with E-state index in [2.05, 4.69) is 11.9 Å². The van der Waals surface area contributed by atoms with Gasteiger partial charge >= 0.3 is 0 Å². The molecule has 2 aliphatic heterocycles. The molecule has 2 amide bonds. The molecule has 0 radical (unpaired) electrons. The average molecular weight is 531 g/mol. The summed E-state index contributed by atoms with van der Waals surface area (Å²) in [5.74, 6) is -1.62. The van der Waals surface area contributed by atoms with Gasteiger partial charge in [0.25, 0.3) is 0 Å². The zero-order valence-electron chi connectivity index (χ0n) is 22.3. The minimum absolute atomic E-state index is 0.0135. The Bertz CT molecular complexity index is 1330. The minimum Gasteiger partial charge on any atom is -0.505 e. The summed E-state index contributed by atoms with van der Waals surface area (Å²) in [5, 5.41) is 9.59. The zero-order chi connectivity index (χ0) is 27.1. The molecule has 6 nitrogen and oxygen atoms in total. The van der Waals surface area contributed by atoms with Crippen molar-refractivity contribution in [2.24, 2.45) is 17.8 Å². The number of aromatic nitrogens is 1. The smallest absolute Gasteiger partial charge is 0.234 e. The monoisotopic (exact) mass is 530 g/mol. The van der Waals surface area contributed by atoms with Gasteiger partial charge in [0.1, 0.15) is 0 Å². The number of phenols is 1. The van der Waals surface area contributed by atoms with Crippen LogP contribution in [0.15, 0.2) is 53.7 Å². The summed E-state index contributed by atoms with van der Waals surface area (Å²) in [7, 11) is 0. The van der Waals surface area contributed by atoms with Gasteiger partial charge in [0.05, 0.1) is 30.2 Å². The van der Waals surface area contributed by atoms with Gasteiger partial charge in [-0.25, -0.2) is 4.39 Å². The number of carbonyl (C=O) groups is 2. The molecule has 0 unspecified atom stereocenters. The number of aromatic hydroxyl groups is 1. The Morgan fingerprint density at radius 1 is 1.13 bits per heavy atom. The lowest BCUT2D eigenvalue weighted by Gasteiger charge is -2.31. The first-order valence-corrected chi connectivity index (χ1v) is 14.2. The summed E-state index contributed by atoms with van der Waals surface area (Å²) in [5.41, 5.74) is 4.76. The molecule has 0 spiro atoms. The lowest BCUT2D eigenvalue weighted by Crippen LogP contribution is -2.42. The fraction of sp³-hybridized carbons (Fsp3) is 0.469. The summed E-state index contributed by atoms with van der Waals surface area (Å²) >= 11 is 0. The van der Waals surface area contributed by atoms with E-state index in [0.29, 0.717) is 31.4 Å². The van der Waals surface area contributed by atoms with Gasteiger partial charge in [0.15, 0.2) is 11.6 Å². The molecule has 1 saturated carbocycles. The highest BCUT2D eigenvalue weighted by molar-refractivity contribution is 6.06. The number of halogens is 1. The van der Waals surface area contributed by atoms with Crippen molar-refractivity contribution in [3.8, 4) is 5.75 Å². The predicted octanol–water partition coefficient (Wildman–Crippen LogP) is 5.92. The Morgan fingerprint density at radius 2 is 1.95 bits per heavy atom. The maximum absolute atomic E-state index is 14.0. The lowest BCUT2D eigenvalue weighted by molar-refractivity contribution is -0.143. The quantitative estimate of drug-likeness (QED) is 0.371. The van der Waals surface area contributed by atoms with Crippen molar-refractivity contribution in [1.29, 1.82) is 0 Å². The molecule has 0 bridgehead atoms. The van der Waals surface area contributed by atoms with Gasteiger partial charge in [-0.05, 0) is 86.1 Å². The maximum Gasteiger partial charge on any atom is 0.234 e. The van der Waals surface area contributed by atoms with Gasteiger partial charge in [0, 0.05) is 18.2 Å². The molecular weight excluding hydrogens is 495 g/mol. The summed E-state index contributed by atoms with van der Waals surface area (Å²) in [4.78, 5) is 33.3. The molecule has 3 fully saturated rings. The zero-order valence-corrected chi connectivity index (χ0v) is 22.3. The number of ether oxygens (including phenoxy) is 1. The van der Waals surface area contributed by atoms with Crippen molar-refractivity contribution in [3.63, 3.8) is 0 Å². The first-order valence-electron chi connectivity index (χ1n) is 14.2. The summed E-state index contributed by atoms with van der Waals surface area (Å²) in [6.07, 6.45) is 10.6. The predicted molar refractivity (Wildman–Crippen MR) is 146 cm³/mol. The second-order valence-electron chi connectivity index (χ2n) is 11.5. The fourth-order valence-electron chi connectivity index (χ4n) is 7.28. The largest absolute Gasteiger partial charge is 0.505 e. The van der Waals surface area contributed by atoms with Gasteiger partial charge in [-0.15, -0.1) is 0 Å². The van der Waals surface area contributed by atoms with E-state index in [-0.39, 0.29) is 47.5 Å². The number of nitrogens with zero attached hydrogens (tertiary/aromatic N) is 2. The van der Waals surface area contributed by atoms with Crippen LogP contribution in [0.4, 0.5) is 4.39 Å². The fourth-order valence-corrected chi connectivity index (χ4v) is 7.28. The van der Waals surface area contributed by atoms with Crippen LogP contribution < -0.4 is 0 Å². The Hall–Kier alpha value is -3.32. The van der Waals surface area contributed by atoms with E-state index in [1.165, 1.54) is 29.7 Å². The molecule has 7 heteroatoms. The molecule has 204 valence electrons. The number of hydrogen-bond acceptors (Lipinski definition) is 5. The number of carbonyl (C=O) groups excluding carboxylic acids is 2. The van der Waals surface area contributed by atoms with E-state index in [4.69, 9.17) is 4.74 Å². The number of benzene rings is 1. The first kappa shape index (κ1) is 25.9. The standard InChI is InChI=1S/C32H35FN2O4/c1-19-15-23-30(32(38)35(31(23)37)22-7-3-2-4-8-22)24-18-39-28(29(19)24)13-11-21(26-9-5-6-14-34-26)16-20-10-12-27(36)25(33)17-20/h5-6,9-10,12,14,16-17,22-24,28,30,36H,2-4,7-8,11,13,15,18H2,1H3/b21-16-/t23-,24+,28-,30-/m1/s1. The van der Waals surface area contributed by atoms with Crippen LogP contribution in [0.3, 0.4) is 0 Å². The van der Waals surface area contributed by atoms with Gasteiger partial charge in [-0.1, -0.05) is 37.0 Å². The number of imide groups is 1. The summed E-state index contributed by atoms with van der Waals surface area (Å²) < 4.78 is 20.4. The van der Waals surface area contributed by atoms with Crippen molar-refractivity contribution < 1.29 is 23.8 Å². The molecule has 2 saturated heterocycles. The van der Waals surface area contributed by atoms with Crippen LogP contribution in [-0.4, -0.2) is 45.6 Å². The third-order valence-corrected chi connectivity index (χ3v) is 9.11. The number of allylic oxidation sites excluding steroid dienone is 2. The normalized spacial score (nSPS) is 27.7. The van der Waals surface area contributed by atoms with E-state index < -0.39 is 5.82 Å². The summed E-state index contributed by atoms with van der Waals surface area (Å²) in [6.45, 7) is 2.55. The van der Waals surface area contributed by atoms with Crippen LogP contribution in [0.25, 0.3) is 11.6 Å². The highest BCUT2D eigenvalue weighted by Gasteiger charge is 2.57. The van der Waals surface area contributed by atoms with E-state index >= 15 is 0 Å². The number of phenolic OH excluding ortho intramolecular Hbond substituents is 1. The Labute approximate surface area is 228 Å². The molecule has 6 rings (SSSR count). The second-order valence-corrected chi connectivity index (χ2v) is 11.5. The van der Waals surface area contributed by atoms with Gasteiger partial charge in [-0.2, -0.15) is 0 Å². The molecule has 1 aromatic heterocycles. The Balaban J connectivity index is 1.22. The van der Waals surface area contributed by atoms with Crippen molar-refractivity contribution in [2.75, 3.05) is 6.61 Å². The third-order valence-electron chi connectivity index (χ3n) is 9.11. The molecule has 3 heterocycles. The highest BCUT2D eigenvalue weighted by atomic mass is 19.1. The maximum atomic E-state index is 14.0. The SMILES string of the molecule is CC1=C2[C@@H](CC/C(=C/c3ccc(O)c(F)c3)c3ccccn3)OC[C@@H]2[C@@H]2C(=O)N(C3CCCCC3)C(=O)[C@@H]2C1. The number of pyridine rings is 1. The number of hydrogen-bond donors (Lipinski definition) is 1. The van der Waals surface area contributed by atoms with Gasteiger partial charge in [0.2, 0.25) is 11.8 Å². The van der Waals surface area contributed by atoms with Crippen molar-refractivity contribution in [3.05, 3.63) is 70.8 Å². The van der Waals surface area contributed by atoms with Crippen molar-refractivity contribution in [2.45, 2.75) is 70.4 Å². The molecular formula is C32H35FN2O4. The highest BCUT2D eigenvalue weighted by Crippen LogP contribution is 2.50. The topological polar surface area (TPSA) is 79.7 Å².